The van der Waals surface area contributed by atoms with Crippen molar-refractivity contribution in [3.05, 3.63) is 42.5 Å². The van der Waals surface area contributed by atoms with E-state index in [-0.39, 0.29) is 12.0 Å². The predicted molar refractivity (Wildman–Crippen MR) is 62.2 cm³/mol. The smallest absolute Gasteiger partial charge is 0.118 e. The van der Waals surface area contributed by atoms with Gasteiger partial charge in [-0.25, -0.2) is 0 Å². The summed E-state index contributed by atoms with van der Waals surface area (Å²) >= 11 is 0. The van der Waals surface area contributed by atoms with Gasteiger partial charge in [0, 0.05) is 12.0 Å². The number of hydrogen-bond donors (Lipinski definition) is 1. The number of aliphatic hydroxyl groups is 1. The fourth-order valence-electron chi connectivity index (χ4n) is 1.57. The van der Waals surface area contributed by atoms with Gasteiger partial charge in [0.05, 0.1) is 7.11 Å². The van der Waals surface area contributed by atoms with E-state index in [9.17, 15) is 0 Å². The molecule has 2 heteroatoms. The highest BCUT2D eigenvalue weighted by Crippen LogP contribution is 2.29. The van der Waals surface area contributed by atoms with Gasteiger partial charge in [0.1, 0.15) is 5.75 Å². The fraction of sp³-hybridized carbons (Fsp3) is 0.385. The summed E-state index contributed by atoms with van der Waals surface area (Å²) in [6, 6.07) is 7.87. The van der Waals surface area contributed by atoms with E-state index in [2.05, 4.69) is 13.5 Å². The highest BCUT2D eigenvalue weighted by Gasteiger charge is 2.21. The molecule has 0 spiro atoms. The largest absolute Gasteiger partial charge is 0.497 e. The van der Waals surface area contributed by atoms with Gasteiger partial charge in [-0.3, -0.25) is 0 Å². The standard InChI is InChI=1S/C13H18O2/c1-4-13(2,9-10-14)11-5-7-12(15-3)8-6-11/h4-8,14H,1,9-10H2,2-3H3. The molecule has 0 radical (unpaired) electrons. The van der Waals surface area contributed by atoms with Crippen LogP contribution in [0.1, 0.15) is 18.9 Å². The molecular formula is C13H18O2. The van der Waals surface area contributed by atoms with Crippen LogP contribution < -0.4 is 4.74 Å². The minimum absolute atomic E-state index is 0.161. The monoisotopic (exact) mass is 206 g/mol. The summed E-state index contributed by atoms with van der Waals surface area (Å²) in [6.07, 6.45) is 2.56. The number of hydrogen-bond acceptors (Lipinski definition) is 2. The van der Waals surface area contributed by atoms with Crippen molar-refractivity contribution in [1.82, 2.24) is 0 Å². The number of ether oxygens (including phenoxy) is 1. The Morgan fingerprint density at radius 1 is 1.40 bits per heavy atom. The van der Waals surface area contributed by atoms with Crippen molar-refractivity contribution in [2.24, 2.45) is 0 Å². The fourth-order valence-corrected chi connectivity index (χ4v) is 1.57. The molecule has 82 valence electrons. The van der Waals surface area contributed by atoms with E-state index in [1.807, 2.05) is 30.3 Å². The maximum atomic E-state index is 9.02. The Hall–Kier alpha value is -1.28. The Kier molecular flexibility index (Phi) is 3.92. The van der Waals surface area contributed by atoms with Crippen LogP contribution in [0.25, 0.3) is 0 Å². The van der Waals surface area contributed by atoms with Gasteiger partial charge in [-0.15, -0.1) is 6.58 Å². The average Bonchev–Trinajstić information content (AvgIpc) is 2.29. The maximum Gasteiger partial charge on any atom is 0.118 e. The third-order valence-electron chi connectivity index (χ3n) is 2.83. The summed E-state index contributed by atoms with van der Waals surface area (Å²) < 4.78 is 5.10. The highest BCUT2D eigenvalue weighted by molar-refractivity contribution is 5.34. The number of benzene rings is 1. The quantitative estimate of drug-likeness (QED) is 0.750. The molecule has 1 unspecified atom stereocenters. The second-order valence-electron chi connectivity index (χ2n) is 3.82. The van der Waals surface area contributed by atoms with Gasteiger partial charge >= 0.3 is 0 Å². The molecule has 0 heterocycles. The van der Waals surface area contributed by atoms with Crippen LogP contribution in [0.15, 0.2) is 36.9 Å². The summed E-state index contributed by atoms with van der Waals surface area (Å²) in [5.41, 5.74) is 0.980. The third-order valence-corrected chi connectivity index (χ3v) is 2.83. The lowest BCUT2D eigenvalue weighted by Crippen LogP contribution is -2.20. The van der Waals surface area contributed by atoms with Gasteiger partial charge in [-0.05, 0) is 24.1 Å². The number of allylic oxidation sites excluding steroid dienone is 1. The molecule has 1 atom stereocenters. The molecule has 0 saturated heterocycles. The number of aliphatic hydroxyl groups excluding tert-OH is 1. The topological polar surface area (TPSA) is 29.5 Å². The lowest BCUT2D eigenvalue weighted by molar-refractivity contribution is 0.262. The van der Waals surface area contributed by atoms with Crippen LogP contribution in [0, 0.1) is 0 Å². The molecule has 0 bridgehead atoms. The molecule has 1 aromatic rings. The van der Waals surface area contributed by atoms with Crippen LogP contribution in [0.2, 0.25) is 0 Å². The SMILES string of the molecule is C=CC(C)(CCO)c1ccc(OC)cc1. The van der Waals surface area contributed by atoms with E-state index in [0.717, 1.165) is 11.3 Å². The first-order valence-corrected chi connectivity index (χ1v) is 5.05. The molecule has 0 fully saturated rings. The van der Waals surface area contributed by atoms with Gasteiger partial charge < -0.3 is 9.84 Å². The Balaban J connectivity index is 2.97. The van der Waals surface area contributed by atoms with Crippen molar-refractivity contribution in [1.29, 1.82) is 0 Å². The van der Waals surface area contributed by atoms with Gasteiger partial charge in [-0.2, -0.15) is 0 Å². The lowest BCUT2D eigenvalue weighted by Gasteiger charge is -2.25. The molecule has 0 aliphatic heterocycles. The van der Waals surface area contributed by atoms with Crippen LogP contribution in [-0.4, -0.2) is 18.8 Å². The summed E-state index contributed by atoms with van der Waals surface area (Å²) in [5, 5.41) is 9.02. The maximum absolute atomic E-state index is 9.02. The van der Waals surface area contributed by atoms with E-state index in [1.165, 1.54) is 0 Å². The first-order valence-electron chi connectivity index (χ1n) is 5.05. The van der Waals surface area contributed by atoms with Crippen molar-refractivity contribution in [3.63, 3.8) is 0 Å². The number of rotatable bonds is 5. The molecular weight excluding hydrogens is 188 g/mol. The zero-order valence-corrected chi connectivity index (χ0v) is 9.36. The van der Waals surface area contributed by atoms with Crippen molar-refractivity contribution >= 4 is 0 Å². The molecule has 0 aliphatic rings. The van der Waals surface area contributed by atoms with E-state index < -0.39 is 0 Å². The van der Waals surface area contributed by atoms with E-state index in [0.29, 0.717) is 6.42 Å². The number of methoxy groups -OCH3 is 1. The first-order chi connectivity index (χ1) is 7.16. The lowest BCUT2D eigenvalue weighted by atomic mass is 9.80. The van der Waals surface area contributed by atoms with Crippen LogP contribution in [0.3, 0.4) is 0 Å². The second kappa shape index (κ2) is 4.99. The van der Waals surface area contributed by atoms with Crippen LogP contribution in [0.4, 0.5) is 0 Å². The third kappa shape index (κ3) is 2.60. The Morgan fingerprint density at radius 3 is 2.40 bits per heavy atom. The molecule has 15 heavy (non-hydrogen) atoms. The summed E-state index contributed by atoms with van der Waals surface area (Å²) in [7, 11) is 1.65. The van der Waals surface area contributed by atoms with Crippen LogP contribution in [0.5, 0.6) is 5.75 Å². The zero-order chi connectivity index (χ0) is 11.3. The highest BCUT2D eigenvalue weighted by atomic mass is 16.5. The Morgan fingerprint density at radius 2 is 2.00 bits per heavy atom. The summed E-state index contributed by atoms with van der Waals surface area (Å²) in [6.45, 7) is 6.06. The molecule has 2 nitrogen and oxygen atoms in total. The Labute approximate surface area is 91.2 Å². The van der Waals surface area contributed by atoms with Crippen molar-refractivity contribution in [3.8, 4) is 5.75 Å². The molecule has 0 amide bonds. The first kappa shape index (κ1) is 11.8. The molecule has 1 rings (SSSR count). The summed E-state index contributed by atoms with van der Waals surface area (Å²) in [5.74, 6) is 0.842. The second-order valence-corrected chi connectivity index (χ2v) is 3.82. The van der Waals surface area contributed by atoms with Gasteiger partial charge in [0.25, 0.3) is 0 Å². The van der Waals surface area contributed by atoms with Crippen molar-refractivity contribution < 1.29 is 9.84 Å². The van der Waals surface area contributed by atoms with Crippen LogP contribution in [-0.2, 0) is 5.41 Å². The zero-order valence-electron chi connectivity index (χ0n) is 9.36. The minimum atomic E-state index is -0.166. The van der Waals surface area contributed by atoms with Crippen LogP contribution >= 0.6 is 0 Å². The van der Waals surface area contributed by atoms with E-state index in [4.69, 9.17) is 9.84 Å². The molecule has 1 aromatic carbocycles. The molecule has 0 aromatic heterocycles. The molecule has 0 saturated carbocycles. The molecule has 0 aliphatic carbocycles. The van der Waals surface area contributed by atoms with Gasteiger partial charge in [0.2, 0.25) is 0 Å². The molecule has 1 N–H and O–H groups in total. The normalized spacial score (nSPS) is 14.3. The van der Waals surface area contributed by atoms with E-state index in [1.54, 1.807) is 7.11 Å². The van der Waals surface area contributed by atoms with Crippen molar-refractivity contribution in [2.75, 3.05) is 13.7 Å². The Bertz CT molecular complexity index is 316. The van der Waals surface area contributed by atoms with Crippen molar-refractivity contribution in [2.45, 2.75) is 18.8 Å². The van der Waals surface area contributed by atoms with E-state index >= 15 is 0 Å². The summed E-state index contributed by atoms with van der Waals surface area (Å²) in [4.78, 5) is 0. The predicted octanol–water partition coefficient (Wildman–Crippen LogP) is 2.52. The van der Waals surface area contributed by atoms with Gasteiger partial charge in [0.15, 0.2) is 0 Å². The minimum Gasteiger partial charge on any atom is -0.497 e. The average molecular weight is 206 g/mol. The van der Waals surface area contributed by atoms with Gasteiger partial charge in [-0.1, -0.05) is 25.1 Å².